The average molecular weight is 440 g/mol. The third-order valence-corrected chi connectivity index (χ3v) is 5.44. The van der Waals surface area contributed by atoms with Crippen molar-refractivity contribution in [2.75, 3.05) is 0 Å². The summed E-state index contributed by atoms with van der Waals surface area (Å²) >= 11 is 3.53. The van der Waals surface area contributed by atoms with E-state index in [9.17, 15) is 10.1 Å². The molecule has 0 saturated heterocycles. The van der Waals surface area contributed by atoms with Gasteiger partial charge in [-0.2, -0.15) is 5.10 Å². The minimum absolute atomic E-state index is 0.0125. The van der Waals surface area contributed by atoms with Crippen molar-refractivity contribution in [2.24, 2.45) is 5.10 Å². The topological polar surface area (TPSA) is 81.1 Å². The van der Waals surface area contributed by atoms with Crippen molar-refractivity contribution in [1.29, 1.82) is 0 Å². The standard InChI is InChI=1S/C20H14BrN3O4/c21-13-5-8-18-15(10-13)17-11-16(19-2-1-9-27-19)22-23(17)20(28-18)12-3-6-14(7-4-12)24(25)26/h1-10,17,20H,11H2/t17-,20-/m1/s1. The van der Waals surface area contributed by atoms with Crippen molar-refractivity contribution < 1.29 is 14.1 Å². The number of non-ortho nitro benzene ring substituents is 1. The molecule has 0 spiro atoms. The van der Waals surface area contributed by atoms with E-state index in [1.807, 2.05) is 35.3 Å². The molecule has 0 bridgehead atoms. The summed E-state index contributed by atoms with van der Waals surface area (Å²) in [6.45, 7) is 0. The van der Waals surface area contributed by atoms with Crippen molar-refractivity contribution in [1.82, 2.24) is 5.01 Å². The molecule has 0 aliphatic carbocycles. The smallest absolute Gasteiger partial charge is 0.269 e. The zero-order valence-electron chi connectivity index (χ0n) is 14.5. The zero-order valence-corrected chi connectivity index (χ0v) is 16.1. The van der Waals surface area contributed by atoms with Crippen molar-refractivity contribution >= 4 is 27.3 Å². The van der Waals surface area contributed by atoms with Crippen molar-refractivity contribution in [3.05, 3.63) is 92.3 Å². The molecule has 3 heterocycles. The Balaban J connectivity index is 1.58. The minimum atomic E-state index is -0.480. The zero-order chi connectivity index (χ0) is 19.3. The number of hydrogen-bond donors (Lipinski definition) is 0. The second kappa shape index (κ2) is 6.49. The predicted octanol–water partition coefficient (Wildman–Crippen LogP) is 5.19. The molecule has 28 heavy (non-hydrogen) atoms. The molecular formula is C20H14BrN3O4. The van der Waals surface area contributed by atoms with Crippen LogP contribution in [-0.2, 0) is 0 Å². The number of nitro groups is 1. The highest BCUT2D eigenvalue weighted by atomic mass is 79.9. The SMILES string of the molecule is O=[N+]([O-])c1ccc([C@H]2Oc3ccc(Br)cc3[C@H]3CC(c4ccco4)=NN32)cc1. The number of hydrogen-bond acceptors (Lipinski definition) is 6. The number of rotatable bonds is 3. The van der Waals surface area contributed by atoms with E-state index in [-0.39, 0.29) is 11.7 Å². The fourth-order valence-corrected chi connectivity index (χ4v) is 4.01. The van der Waals surface area contributed by atoms with Crippen LogP contribution >= 0.6 is 15.9 Å². The first-order chi connectivity index (χ1) is 13.6. The summed E-state index contributed by atoms with van der Waals surface area (Å²) in [6.07, 6.45) is 1.83. The number of furan rings is 1. The van der Waals surface area contributed by atoms with Crippen molar-refractivity contribution in [3.8, 4) is 5.75 Å². The largest absolute Gasteiger partial charge is 0.464 e. The predicted molar refractivity (Wildman–Crippen MR) is 105 cm³/mol. The Bertz CT molecular complexity index is 1080. The number of nitrogens with zero attached hydrogens (tertiary/aromatic N) is 3. The lowest BCUT2D eigenvalue weighted by Gasteiger charge is -2.38. The Morgan fingerprint density at radius 3 is 2.71 bits per heavy atom. The fraction of sp³-hybridized carbons (Fsp3) is 0.150. The molecule has 7 nitrogen and oxygen atoms in total. The van der Waals surface area contributed by atoms with E-state index in [0.29, 0.717) is 6.42 Å². The van der Waals surface area contributed by atoms with Gasteiger partial charge in [0, 0.05) is 34.2 Å². The first-order valence-corrected chi connectivity index (χ1v) is 9.49. The Kier molecular flexibility index (Phi) is 3.94. The van der Waals surface area contributed by atoms with E-state index < -0.39 is 11.2 Å². The first-order valence-electron chi connectivity index (χ1n) is 8.70. The Labute approximate surface area is 168 Å². The highest BCUT2D eigenvalue weighted by Crippen LogP contribution is 2.48. The van der Waals surface area contributed by atoms with Crippen LogP contribution in [0.15, 0.2) is 74.9 Å². The average Bonchev–Trinajstić information content (AvgIpc) is 3.37. The quantitative estimate of drug-likeness (QED) is 0.414. The van der Waals surface area contributed by atoms with Crippen LogP contribution in [0.4, 0.5) is 5.69 Å². The number of halogens is 1. The first kappa shape index (κ1) is 17.0. The minimum Gasteiger partial charge on any atom is -0.464 e. The Morgan fingerprint density at radius 2 is 2.00 bits per heavy atom. The van der Waals surface area contributed by atoms with Gasteiger partial charge in [0.05, 0.1) is 17.2 Å². The molecule has 0 fully saturated rings. The highest BCUT2D eigenvalue weighted by molar-refractivity contribution is 9.10. The lowest BCUT2D eigenvalue weighted by atomic mass is 9.97. The van der Waals surface area contributed by atoms with Gasteiger partial charge < -0.3 is 9.15 Å². The van der Waals surface area contributed by atoms with Gasteiger partial charge in [-0.25, -0.2) is 5.01 Å². The molecule has 2 aliphatic rings. The molecule has 0 N–H and O–H groups in total. The molecule has 2 aromatic carbocycles. The summed E-state index contributed by atoms with van der Waals surface area (Å²) in [4.78, 5) is 10.6. The van der Waals surface area contributed by atoms with Gasteiger partial charge in [-0.3, -0.25) is 10.1 Å². The van der Waals surface area contributed by atoms with Crippen LogP contribution in [0.2, 0.25) is 0 Å². The second-order valence-corrected chi connectivity index (χ2v) is 7.54. The number of fused-ring (bicyclic) bond motifs is 3. The van der Waals surface area contributed by atoms with E-state index >= 15 is 0 Å². The summed E-state index contributed by atoms with van der Waals surface area (Å²) in [6, 6.07) is 16.0. The normalized spacial score (nSPS) is 20.2. The molecule has 0 saturated carbocycles. The van der Waals surface area contributed by atoms with E-state index in [1.54, 1.807) is 18.4 Å². The molecule has 2 aliphatic heterocycles. The molecule has 8 heteroatoms. The van der Waals surface area contributed by atoms with Crippen LogP contribution in [0.3, 0.4) is 0 Å². The Morgan fingerprint density at radius 1 is 1.18 bits per heavy atom. The van der Waals surface area contributed by atoms with Crippen LogP contribution in [0, 0.1) is 10.1 Å². The fourth-order valence-electron chi connectivity index (χ4n) is 3.63. The lowest BCUT2D eigenvalue weighted by molar-refractivity contribution is -0.384. The lowest BCUT2D eigenvalue weighted by Crippen LogP contribution is -2.33. The van der Waals surface area contributed by atoms with Gasteiger partial charge >= 0.3 is 0 Å². The van der Waals surface area contributed by atoms with Crippen LogP contribution in [-0.4, -0.2) is 15.6 Å². The van der Waals surface area contributed by atoms with Crippen LogP contribution in [0.25, 0.3) is 0 Å². The number of benzene rings is 2. The van der Waals surface area contributed by atoms with Gasteiger partial charge in [0.1, 0.15) is 17.2 Å². The monoisotopic (exact) mass is 439 g/mol. The van der Waals surface area contributed by atoms with E-state index in [2.05, 4.69) is 15.9 Å². The molecule has 2 atom stereocenters. The molecule has 3 aromatic rings. The van der Waals surface area contributed by atoms with Crippen molar-refractivity contribution in [2.45, 2.75) is 18.7 Å². The van der Waals surface area contributed by atoms with E-state index in [1.165, 1.54) is 12.1 Å². The third-order valence-electron chi connectivity index (χ3n) is 4.95. The molecule has 140 valence electrons. The van der Waals surface area contributed by atoms with Gasteiger partial charge in [0.2, 0.25) is 6.23 Å². The van der Waals surface area contributed by atoms with Crippen LogP contribution in [0.5, 0.6) is 5.75 Å². The summed E-state index contributed by atoms with van der Waals surface area (Å²) < 4.78 is 12.8. The summed E-state index contributed by atoms with van der Waals surface area (Å²) in [5, 5.41) is 17.7. The van der Waals surface area contributed by atoms with Gasteiger partial charge in [0.15, 0.2) is 0 Å². The summed E-state index contributed by atoms with van der Waals surface area (Å²) in [5.41, 5.74) is 2.73. The van der Waals surface area contributed by atoms with Crippen LogP contribution in [0.1, 0.15) is 35.6 Å². The van der Waals surface area contributed by atoms with E-state index in [4.69, 9.17) is 14.3 Å². The van der Waals surface area contributed by atoms with Gasteiger partial charge in [-0.1, -0.05) is 15.9 Å². The molecular weight excluding hydrogens is 426 g/mol. The maximum Gasteiger partial charge on any atom is 0.269 e. The molecule has 5 rings (SSSR count). The molecule has 1 aromatic heterocycles. The van der Waals surface area contributed by atoms with Gasteiger partial charge in [-0.15, -0.1) is 0 Å². The molecule has 0 unspecified atom stereocenters. The number of nitro benzene ring substituents is 1. The summed E-state index contributed by atoms with van der Waals surface area (Å²) in [5.74, 6) is 1.51. The van der Waals surface area contributed by atoms with Gasteiger partial charge in [0.25, 0.3) is 5.69 Å². The van der Waals surface area contributed by atoms with E-state index in [0.717, 1.165) is 32.8 Å². The maximum atomic E-state index is 11.0. The number of ether oxygens (including phenoxy) is 1. The Hall–Kier alpha value is -3.13. The maximum absolute atomic E-state index is 11.0. The van der Waals surface area contributed by atoms with Gasteiger partial charge in [-0.05, 0) is 42.5 Å². The van der Waals surface area contributed by atoms with Crippen molar-refractivity contribution in [3.63, 3.8) is 0 Å². The highest BCUT2D eigenvalue weighted by Gasteiger charge is 2.41. The molecule has 0 amide bonds. The summed E-state index contributed by atoms with van der Waals surface area (Å²) in [7, 11) is 0. The third kappa shape index (κ3) is 2.77. The number of hydrazone groups is 1. The van der Waals surface area contributed by atoms with Crippen LogP contribution < -0.4 is 4.74 Å². The molecule has 0 radical (unpaired) electrons. The second-order valence-electron chi connectivity index (χ2n) is 6.62.